The molecular weight excluding hydrogens is 162 g/mol. The minimum absolute atomic E-state index is 0.278. The summed E-state index contributed by atoms with van der Waals surface area (Å²) in [5.41, 5.74) is 1.15. The molecule has 68 valence electrons. The van der Waals surface area contributed by atoms with Crippen LogP contribution in [0, 0.1) is 11.3 Å². The van der Waals surface area contributed by atoms with Crippen LogP contribution in [0.3, 0.4) is 0 Å². The number of rotatable bonds is 3. The molecule has 1 aromatic rings. The fourth-order valence-corrected chi connectivity index (χ4v) is 1.20. The molecular formula is C11H13NO. The van der Waals surface area contributed by atoms with E-state index >= 15 is 0 Å². The van der Waals surface area contributed by atoms with Gasteiger partial charge in [-0.1, -0.05) is 19.1 Å². The highest BCUT2D eigenvalue weighted by Gasteiger charge is 2.04. The molecule has 0 saturated heterocycles. The third kappa shape index (κ3) is 2.48. The summed E-state index contributed by atoms with van der Waals surface area (Å²) in [5, 5.41) is 8.54. The topological polar surface area (TPSA) is 33.0 Å². The highest BCUT2D eigenvalue weighted by atomic mass is 16.5. The van der Waals surface area contributed by atoms with Gasteiger partial charge in [0.1, 0.15) is 5.75 Å². The Hall–Kier alpha value is -1.49. The van der Waals surface area contributed by atoms with Gasteiger partial charge in [0.05, 0.1) is 13.2 Å². The summed E-state index contributed by atoms with van der Waals surface area (Å²) in [6, 6.07) is 10.0. The maximum absolute atomic E-state index is 8.54. The third-order valence-corrected chi connectivity index (χ3v) is 2.06. The summed E-state index contributed by atoms with van der Waals surface area (Å²) < 4.78 is 5.10. The van der Waals surface area contributed by atoms with Gasteiger partial charge in [0.2, 0.25) is 0 Å². The zero-order valence-electron chi connectivity index (χ0n) is 7.95. The van der Waals surface area contributed by atoms with Crippen molar-refractivity contribution in [1.29, 1.82) is 5.26 Å². The largest absolute Gasteiger partial charge is 0.497 e. The van der Waals surface area contributed by atoms with E-state index in [9.17, 15) is 0 Å². The molecule has 0 aromatic heterocycles. The predicted octanol–water partition coefficient (Wildman–Crippen LogP) is 2.71. The molecule has 0 saturated carbocycles. The molecule has 0 radical (unpaired) electrons. The van der Waals surface area contributed by atoms with Crippen LogP contribution in [0.15, 0.2) is 24.3 Å². The Morgan fingerprint density at radius 1 is 1.54 bits per heavy atom. The first-order valence-electron chi connectivity index (χ1n) is 4.29. The Bertz CT molecular complexity index is 314. The first-order chi connectivity index (χ1) is 6.27. The molecule has 0 N–H and O–H groups in total. The van der Waals surface area contributed by atoms with Crippen molar-refractivity contribution in [1.82, 2.24) is 0 Å². The maximum Gasteiger partial charge on any atom is 0.119 e. The van der Waals surface area contributed by atoms with Crippen molar-refractivity contribution in [2.75, 3.05) is 7.11 Å². The van der Waals surface area contributed by atoms with Crippen molar-refractivity contribution in [3.63, 3.8) is 0 Å². The van der Waals surface area contributed by atoms with Crippen LogP contribution in [0.2, 0.25) is 0 Å². The average molecular weight is 175 g/mol. The summed E-state index contributed by atoms with van der Waals surface area (Å²) in [5.74, 6) is 1.13. The Morgan fingerprint density at radius 2 is 2.31 bits per heavy atom. The molecule has 1 atom stereocenters. The SMILES string of the molecule is COc1cccc([C@@H](C)CC#N)c1. The third-order valence-electron chi connectivity index (χ3n) is 2.06. The fraction of sp³-hybridized carbons (Fsp3) is 0.364. The van der Waals surface area contributed by atoms with Gasteiger partial charge in [0.25, 0.3) is 0 Å². The van der Waals surface area contributed by atoms with Crippen LogP contribution in [0.25, 0.3) is 0 Å². The standard InChI is InChI=1S/C11H13NO/c1-9(6-7-12)10-4-3-5-11(8-10)13-2/h3-5,8-9H,6H2,1-2H3/t9-/m0/s1. The minimum atomic E-state index is 0.278. The summed E-state index contributed by atoms with van der Waals surface area (Å²) in [6.07, 6.45) is 0.549. The normalized spacial score (nSPS) is 11.8. The monoisotopic (exact) mass is 175 g/mol. The number of nitriles is 1. The van der Waals surface area contributed by atoms with Crippen LogP contribution < -0.4 is 4.74 Å². The van der Waals surface area contributed by atoms with Crippen molar-refractivity contribution in [2.24, 2.45) is 0 Å². The second-order valence-corrected chi connectivity index (χ2v) is 3.04. The maximum atomic E-state index is 8.54. The summed E-state index contributed by atoms with van der Waals surface area (Å²) in [6.45, 7) is 2.04. The molecule has 0 aliphatic carbocycles. The van der Waals surface area contributed by atoms with E-state index in [-0.39, 0.29) is 5.92 Å². The molecule has 1 aromatic carbocycles. The number of hydrogen-bond acceptors (Lipinski definition) is 2. The summed E-state index contributed by atoms with van der Waals surface area (Å²) in [7, 11) is 1.65. The van der Waals surface area contributed by atoms with Gasteiger partial charge in [-0.2, -0.15) is 5.26 Å². The van der Waals surface area contributed by atoms with Gasteiger partial charge in [0.15, 0.2) is 0 Å². The average Bonchev–Trinajstić information content (AvgIpc) is 2.18. The number of benzene rings is 1. The van der Waals surface area contributed by atoms with Gasteiger partial charge in [-0.3, -0.25) is 0 Å². The van der Waals surface area contributed by atoms with Crippen LogP contribution >= 0.6 is 0 Å². The smallest absolute Gasteiger partial charge is 0.119 e. The quantitative estimate of drug-likeness (QED) is 0.707. The molecule has 13 heavy (non-hydrogen) atoms. The van der Waals surface area contributed by atoms with Crippen LogP contribution in [0.4, 0.5) is 0 Å². The van der Waals surface area contributed by atoms with Crippen LogP contribution in [-0.2, 0) is 0 Å². The molecule has 2 nitrogen and oxygen atoms in total. The Kier molecular flexibility index (Phi) is 3.33. The van der Waals surface area contributed by atoms with E-state index in [4.69, 9.17) is 10.00 Å². The Balaban J connectivity index is 2.83. The first kappa shape index (κ1) is 9.60. The second kappa shape index (κ2) is 4.51. The fourth-order valence-electron chi connectivity index (χ4n) is 1.20. The van der Waals surface area contributed by atoms with E-state index in [2.05, 4.69) is 6.07 Å². The molecule has 0 amide bonds. The molecule has 0 bridgehead atoms. The molecule has 0 heterocycles. The van der Waals surface area contributed by atoms with Crippen LogP contribution in [0.5, 0.6) is 5.75 Å². The summed E-state index contributed by atoms with van der Waals surface area (Å²) in [4.78, 5) is 0. The lowest BCUT2D eigenvalue weighted by atomic mass is 9.98. The van der Waals surface area contributed by atoms with Crippen molar-refractivity contribution in [3.05, 3.63) is 29.8 Å². The highest BCUT2D eigenvalue weighted by Crippen LogP contribution is 2.22. The van der Waals surface area contributed by atoms with Gasteiger partial charge in [-0.25, -0.2) is 0 Å². The van der Waals surface area contributed by atoms with Crippen molar-refractivity contribution < 1.29 is 4.74 Å². The first-order valence-corrected chi connectivity index (χ1v) is 4.29. The van der Waals surface area contributed by atoms with E-state index in [1.165, 1.54) is 0 Å². The molecule has 2 heteroatoms. The van der Waals surface area contributed by atoms with Crippen molar-refractivity contribution in [3.8, 4) is 11.8 Å². The lowest BCUT2D eigenvalue weighted by Gasteiger charge is -2.08. The zero-order valence-corrected chi connectivity index (χ0v) is 7.95. The molecule has 1 rings (SSSR count). The lowest BCUT2D eigenvalue weighted by Crippen LogP contribution is -1.92. The second-order valence-electron chi connectivity index (χ2n) is 3.04. The van der Waals surface area contributed by atoms with Gasteiger partial charge in [-0.05, 0) is 23.6 Å². The van der Waals surface area contributed by atoms with Gasteiger partial charge >= 0.3 is 0 Å². The van der Waals surface area contributed by atoms with E-state index in [1.54, 1.807) is 7.11 Å². The Labute approximate surface area is 78.8 Å². The summed E-state index contributed by atoms with van der Waals surface area (Å²) >= 11 is 0. The van der Waals surface area contributed by atoms with E-state index in [0.717, 1.165) is 11.3 Å². The van der Waals surface area contributed by atoms with Gasteiger partial charge in [0, 0.05) is 6.42 Å². The van der Waals surface area contributed by atoms with Crippen molar-refractivity contribution >= 4 is 0 Å². The minimum Gasteiger partial charge on any atom is -0.497 e. The number of methoxy groups -OCH3 is 1. The molecule has 0 aliphatic rings. The zero-order chi connectivity index (χ0) is 9.68. The molecule has 0 unspecified atom stereocenters. The molecule has 0 aliphatic heterocycles. The van der Waals surface area contributed by atoms with Crippen LogP contribution in [0.1, 0.15) is 24.8 Å². The van der Waals surface area contributed by atoms with Crippen molar-refractivity contribution in [2.45, 2.75) is 19.3 Å². The Morgan fingerprint density at radius 3 is 2.92 bits per heavy atom. The van der Waals surface area contributed by atoms with E-state index in [1.807, 2.05) is 31.2 Å². The highest BCUT2D eigenvalue weighted by molar-refractivity contribution is 5.30. The number of nitrogens with zero attached hydrogens (tertiary/aromatic N) is 1. The number of ether oxygens (including phenoxy) is 1. The number of hydrogen-bond donors (Lipinski definition) is 0. The molecule has 0 spiro atoms. The van der Waals surface area contributed by atoms with Gasteiger partial charge < -0.3 is 4.74 Å². The molecule has 0 fully saturated rings. The van der Waals surface area contributed by atoms with Gasteiger partial charge in [-0.15, -0.1) is 0 Å². The predicted molar refractivity (Wildman–Crippen MR) is 51.6 cm³/mol. The van der Waals surface area contributed by atoms with Crippen LogP contribution in [-0.4, -0.2) is 7.11 Å². The van der Waals surface area contributed by atoms with E-state index in [0.29, 0.717) is 6.42 Å². The lowest BCUT2D eigenvalue weighted by molar-refractivity contribution is 0.414. The van der Waals surface area contributed by atoms with E-state index < -0.39 is 0 Å².